The van der Waals surface area contributed by atoms with Crippen LogP contribution in [0, 0.1) is 6.92 Å². The fourth-order valence-corrected chi connectivity index (χ4v) is 2.17. The molecule has 0 amide bonds. The summed E-state index contributed by atoms with van der Waals surface area (Å²) in [6, 6.07) is 5.25. The summed E-state index contributed by atoms with van der Waals surface area (Å²) in [6.07, 6.45) is 0. The molecule has 0 aliphatic rings. The molecule has 0 saturated carbocycles. The van der Waals surface area contributed by atoms with E-state index in [9.17, 15) is 8.42 Å². The van der Waals surface area contributed by atoms with Crippen molar-refractivity contribution in [1.29, 1.82) is 0 Å². The van der Waals surface area contributed by atoms with Crippen molar-refractivity contribution in [3.63, 3.8) is 0 Å². The molecule has 1 aromatic rings. The molecule has 0 atom stereocenters. The first-order valence-corrected chi connectivity index (χ1v) is 6.45. The molecule has 0 heterocycles. The van der Waals surface area contributed by atoms with Crippen molar-refractivity contribution in [3.05, 3.63) is 29.3 Å². The number of aryl methyl sites for hydroxylation is 1. The molecule has 14 heavy (non-hydrogen) atoms. The van der Waals surface area contributed by atoms with E-state index < -0.39 is 9.05 Å². The lowest BCUT2D eigenvalue weighted by atomic mass is 10.1. The minimum atomic E-state index is -3.50. The SMILES string of the molecule is COc1cc(C)cc(CS(=O)(=O)Cl)c1. The van der Waals surface area contributed by atoms with Crippen LogP contribution in [-0.4, -0.2) is 15.5 Å². The van der Waals surface area contributed by atoms with E-state index in [1.807, 2.05) is 13.0 Å². The first-order valence-electron chi connectivity index (χ1n) is 3.97. The number of hydrogen-bond acceptors (Lipinski definition) is 3. The zero-order chi connectivity index (χ0) is 10.8. The lowest BCUT2D eigenvalue weighted by Crippen LogP contribution is -1.96. The largest absolute Gasteiger partial charge is 0.497 e. The Morgan fingerprint density at radius 1 is 1.36 bits per heavy atom. The predicted molar refractivity (Wildman–Crippen MR) is 56.2 cm³/mol. The van der Waals surface area contributed by atoms with Crippen molar-refractivity contribution in [2.45, 2.75) is 12.7 Å². The summed E-state index contributed by atoms with van der Waals surface area (Å²) in [7, 11) is 3.18. The van der Waals surface area contributed by atoms with Gasteiger partial charge in [0.25, 0.3) is 0 Å². The van der Waals surface area contributed by atoms with Crippen molar-refractivity contribution < 1.29 is 13.2 Å². The Morgan fingerprint density at radius 2 is 2.00 bits per heavy atom. The highest BCUT2D eigenvalue weighted by Crippen LogP contribution is 2.19. The van der Waals surface area contributed by atoms with Gasteiger partial charge in [-0.1, -0.05) is 6.07 Å². The first-order chi connectivity index (χ1) is 6.40. The summed E-state index contributed by atoms with van der Waals surface area (Å²) in [4.78, 5) is 0. The van der Waals surface area contributed by atoms with Crippen LogP contribution in [-0.2, 0) is 14.8 Å². The smallest absolute Gasteiger partial charge is 0.236 e. The van der Waals surface area contributed by atoms with E-state index in [0.717, 1.165) is 5.56 Å². The maximum atomic E-state index is 10.8. The predicted octanol–water partition coefficient (Wildman–Crippen LogP) is 2.07. The quantitative estimate of drug-likeness (QED) is 0.752. The number of hydrogen-bond donors (Lipinski definition) is 0. The number of rotatable bonds is 3. The van der Waals surface area contributed by atoms with Gasteiger partial charge in [0.15, 0.2) is 0 Å². The second-order valence-corrected chi connectivity index (χ2v) is 5.82. The van der Waals surface area contributed by atoms with Crippen LogP contribution in [0.1, 0.15) is 11.1 Å². The zero-order valence-corrected chi connectivity index (χ0v) is 9.52. The Labute approximate surface area is 88.1 Å². The Bertz CT molecular complexity index is 426. The highest BCUT2D eigenvalue weighted by molar-refractivity contribution is 8.13. The topological polar surface area (TPSA) is 43.4 Å². The van der Waals surface area contributed by atoms with Gasteiger partial charge in [-0.15, -0.1) is 0 Å². The number of halogens is 1. The number of ether oxygens (including phenoxy) is 1. The van der Waals surface area contributed by atoms with Gasteiger partial charge in [0, 0.05) is 10.7 Å². The highest BCUT2D eigenvalue weighted by Gasteiger charge is 2.08. The molecule has 0 aromatic heterocycles. The molecule has 0 aliphatic heterocycles. The van der Waals surface area contributed by atoms with Gasteiger partial charge in [0.2, 0.25) is 9.05 Å². The van der Waals surface area contributed by atoms with Crippen LogP contribution in [0.4, 0.5) is 0 Å². The fourth-order valence-electron chi connectivity index (χ4n) is 1.22. The third-order valence-electron chi connectivity index (χ3n) is 1.69. The molecule has 0 fully saturated rings. The molecule has 0 aliphatic carbocycles. The van der Waals surface area contributed by atoms with Crippen LogP contribution in [0.5, 0.6) is 5.75 Å². The van der Waals surface area contributed by atoms with E-state index in [1.54, 1.807) is 12.1 Å². The molecule has 5 heteroatoms. The van der Waals surface area contributed by atoms with Crippen LogP contribution in [0.25, 0.3) is 0 Å². The molecule has 3 nitrogen and oxygen atoms in total. The number of methoxy groups -OCH3 is 1. The lowest BCUT2D eigenvalue weighted by molar-refractivity contribution is 0.414. The summed E-state index contributed by atoms with van der Waals surface area (Å²) in [5, 5.41) is 0. The standard InChI is InChI=1S/C9H11ClO3S/c1-7-3-8(6-14(10,11)12)5-9(4-7)13-2/h3-5H,6H2,1-2H3. The van der Waals surface area contributed by atoms with Gasteiger partial charge in [0.1, 0.15) is 5.75 Å². The molecule has 0 bridgehead atoms. The first kappa shape index (κ1) is 11.3. The van der Waals surface area contributed by atoms with Gasteiger partial charge >= 0.3 is 0 Å². The van der Waals surface area contributed by atoms with Crippen LogP contribution in [0.15, 0.2) is 18.2 Å². The molecule has 78 valence electrons. The monoisotopic (exact) mass is 234 g/mol. The van der Waals surface area contributed by atoms with Gasteiger partial charge < -0.3 is 4.74 Å². The van der Waals surface area contributed by atoms with Gasteiger partial charge in [0.05, 0.1) is 12.9 Å². The minimum Gasteiger partial charge on any atom is -0.497 e. The number of benzene rings is 1. The van der Waals surface area contributed by atoms with Gasteiger partial charge in [-0.05, 0) is 30.2 Å². The molecule has 0 spiro atoms. The summed E-state index contributed by atoms with van der Waals surface area (Å²) >= 11 is 0. The second kappa shape index (κ2) is 4.19. The molecular formula is C9H11ClO3S. The molecular weight excluding hydrogens is 224 g/mol. The Balaban J connectivity index is 3.04. The summed E-state index contributed by atoms with van der Waals surface area (Å²) < 4.78 is 26.7. The van der Waals surface area contributed by atoms with Gasteiger partial charge in [-0.25, -0.2) is 8.42 Å². The summed E-state index contributed by atoms with van der Waals surface area (Å²) in [5.74, 6) is 0.465. The van der Waals surface area contributed by atoms with Crippen molar-refractivity contribution in [3.8, 4) is 5.75 Å². The molecule has 0 saturated heterocycles. The maximum Gasteiger partial charge on any atom is 0.236 e. The fraction of sp³-hybridized carbons (Fsp3) is 0.333. The van der Waals surface area contributed by atoms with E-state index >= 15 is 0 Å². The van der Waals surface area contributed by atoms with Gasteiger partial charge in [-0.3, -0.25) is 0 Å². The zero-order valence-electron chi connectivity index (χ0n) is 7.95. The van der Waals surface area contributed by atoms with Crippen LogP contribution >= 0.6 is 10.7 Å². The molecule has 1 aromatic carbocycles. The Hall–Kier alpha value is -0.740. The minimum absolute atomic E-state index is 0.174. The average Bonchev–Trinajstić information content (AvgIpc) is 1.99. The molecule has 0 unspecified atom stereocenters. The van der Waals surface area contributed by atoms with E-state index in [-0.39, 0.29) is 5.75 Å². The van der Waals surface area contributed by atoms with Crippen molar-refractivity contribution >= 4 is 19.7 Å². The molecule has 0 N–H and O–H groups in total. The van der Waals surface area contributed by atoms with Crippen molar-refractivity contribution in [2.75, 3.05) is 7.11 Å². The van der Waals surface area contributed by atoms with E-state index in [4.69, 9.17) is 15.4 Å². The highest BCUT2D eigenvalue weighted by atomic mass is 35.7. The third kappa shape index (κ3) is 3.55. The maximum absolute atomic E-state index is 10.8. The molecule has 1 rings (SSSR count). The summed E-state index contributed by atoms with van der Waals surface area (Å²) in [6.45, 7) is 1.87. The van der Waals surface area contributed by atoms with Crippen LogP contribution < -0.4 is 4.74 Å². The molecule has 0 radical (unpaired) electrons. The third-order valence-corrected chi connectivity index (χ3v) is 2.69. The van der Waals surface area contributed by atoms with Crippen LogP contribution in [0.2, 0.25) is 0 Å². The Kier molecular flexibility index (Phi) is 3.39. The summed E-state index contributed by atoms with van der Waals surface area (Å²) in [5.41, 5.74) is 1.58. The Morgan fingerprint density at radius 3 is 2.50 bits per heavy atom. The van der Waals surface area contributed by atoms with E-state index in [0.29, 0.717) is 11.3 Å². The van der Waals surface area contributed by atoms with Crippen molar-refractivity contribution in [2.24, 2.45) is 0 Å². The van der Waals surface area contributed by atoms with Crippen LogP contribution in [0.3, 0.4) is 0 Å². The van der Waals surface area contributed by atoms with Crippen molar-refractivity contribution in [1.82, 2.24) is 0 Å². The van der Waals surface area contributed by atoms with E-state index in [1.165, 1.54) is 7.11 Å². The second-order valence-electron chi connectivity index (χ2n) is 3.04. The lowest BCUT2D eigenvalue weighted by Gasteiger charge is -2.04. The van der Waals surface area contributed by atoms with E-state index in [2.05, 4.69) is 0 Å². The van der Waals surface area contributed by atoms with Gasteiger partial charge in [-0.2, -0.15) is 0 Å². The normalized spacial score (nSPS) is 11.4. The average molecular weight is 235 g/mol.